The van der Waals surface area contributed by atoms with Crippen LogP contribution >= 0.6 is 23.2 Å². The molecule has 7 heteroatoms. The number of anilines is 1. The van der Waals surface area contributed by atoms with E-state index in [1.807, 2.05) is 13.2 Å². The van der Waals surface area contributed by atoms with Crippen LogP contribution in [-0.2, 0) is 13.6 Å². The van der Waals surface area contributed by atoms with Gasteiger partial charge in [0.15, 0.2) is 0 Å². The van der Waals surface area contributed by atoms with Crippen LogP contribution in [0.25, 0.3) is 0 Å². The summed E-state index contributed by atoms with van der Waals surface area (Å²) in [5.41, 5.74) is 7.16. The fraction of sp³-hybridized carbons (Fsp3) is 0.167. The predicted octanol–water partition coefficient (Wildman–Crippen LogP) is 2.24. The highest BCUT2D eigenvalue weighted by atomic mass is 35.5. The van der Waals surface area contributed by atoms with Crippen LogP contribution in [0.5, 0.6) is 0 Å². The highest BCUT2D eigenvalue weighted by molar-refractivity contribution is 6.39. The normalized spacial score (nSPS) is 10.5. The number of nitrogen functional groups attached to an aromatic ring is 1. The second-order valence-corrected chi connectivity index (χ2v) is 4.87. The first-order valence-electron chi connectivity index (χ1n) is 5.47. The van der Waals surface area contributed by atoms with E-state index in [2.05, 4.69) is 10.4 Å². The van der Waals surface area contributed by atoms with Gasteiger partial charge >= 0.3 is 0 Å². The van der Waals surface area contributed by atoms with E-state index in [0.29, 0.717) is 12.1 Å². The van der Waals surface area contributed by atoms with Crippen molar-refractivity contribution in [1.82, 2.24) is 15.1 Å². The Bertz CT molecular complexity index is 601. The molecule has 1 heterocycles. The van der Waals surface area contributed by atoms with Gasteiger partial charge in [-0.3, -0.25) is 9.48 Å². The average molecular weight is 299 g/mol. The first-order chi connectivity index (χ1) is 8.97. The van der Waals surface area contributed by atoms with Crippen molar-refractivity contribution in [2.75, 3.05) is 5.73 Å². The number of benzene rings is 1. The van der Waals surface area contributed by atoms with Crippen molar-refractivity contribution in [2.24, 2.45) is 7.05 Å². The van der Waals surface area contributed by atoms with Crippen molar-refractivity contribution in [3.8, 4) is 0 Å². The lowest BCUT2D eigenvalue weighted by atomic mass is 10.2. The molecule has 0 bridgehead atoms. The molecular formula is C12H12Cl2N4O. The van der Waals surface area contributed by atoms with Crippen LogP contribution in [0.1, 0.15) is 15.9 Å². The third kappa shape index (κ3) is 3.19. The first kappa shape index (κ1) is 13.7. The molecule has 0 unspecified atom stereocenters. The number of aromatic nitrogens is 2. The zero-order valence-electron chi connectivity index (χ0n) is 10.2. The number of carbonyl (C=O) groups is 1. The number of halogens is 2. The Kier molecular flexibility index (Phi) is 3.97. The van der Waals surface area contributed by atoms with Gasteiger partial charge in [-0.15, -0.1) is 0 Å². The molecule has 0 aliphatic carbocycles. The maximum Gasteiger partial charge on any atom is 0.251 e. The Balaban J connectivity index is 2.08. The van der Waals surface area contributed by atoms with Crippen molar-refractivity contribution in [3.63, 3.8) is 0 Å². The number of hydrogen-bond acceptors (Lipinski definition) is 3. The maximum absolute atomic E-state index is 11.9. The van der Waals surface area contributed by atoms with Crippen molar-refractivity contribution in [3.05, 3.63) is 45.7 Å². The second kappa shape index (κ2) is 5.50. The van der Waals surface area contributed by atoms with Crippen molar-refractivity contribution in [1.29, 1.82) is 0 Å². The number of carbonyl (C=O) groups excluding carboxylic acids is 1. The monoisotopic (exact) mass is 298 g/mol. The standard InChI is InChI=1S/C12H12Cl2N4O/c1-18-6-7(5-17-18)4-16-12(19)8-2-9(13)11(15)10(14)3-8/h2-3,5-6H,4,15H2,1H3,(H,16,19). The highest BCUT2D eigenvalue weighted by Gasteiger charge is 2.11. The van der Waals surface area contributed by atoms with Gasteiger partial charge in [-0.25, -0.2) is 0 Å². The number of hydrogen-bond donors (Lipinski definition) is 2. The second-order valence-electron chi connectivity index (χ2n) is 4.06. The molecule has 19 heavy (non-hydrogen) atoms. The minimum Gasteiger partial charge on any atom is -0.396 e. The Hall–Kier alpha value is -1.72. The lowest BCUT2D eigenvalue weighted by Gasteiger charge is -2.07. The molecule has 3 N–H and O–H groups in total. The van der Waals surface area contributed by atoms with Gasteiger partial charge in [-0.05, 0) is 12.1 Å². The summed E-state index contributed by atoms with van der Waals surface area (Å²) in [6.07, 6.45) is 3.51. The van der Waals surface area contributed by atoms with E-state index in [1.54, 1.807) is 10.9 Å². The fourth-order valence-electron chi connectivity index (χ4n) is 1.56. The lowest BCUT2D eigenvalue weighted by molar-refractivity contribution is 0.0951. The van der Waals surface area contributed by atoms with Crippen molar-refractivity contribution >= 4 is 34.8 Å². The Labute approximate surface area is 120 Å². The molecule has 5 nitrogen and oxygen atoms in total. The van der Waals surface area contributed by atoms with E-state index >= 15 is 0 Å². The van der Waals surface area contributed by atoms with Gasteiger partial charge in [-0.2, -0.15) is 5.10 Å². The first-order valence-corrected chi connectivity index (χ1v) is 6.23. The van der Waals surface area contributed by atoms with Crippen LogP contribution in [0, 0.1) is 0 Å². The third-order valence-electron chi connectivity index (χ3n) is 2.55. The average Bonchev–Trinajstić information content (AvgIpc) is 2.78. The molecule has 0 spiro atoms. The smallest absolute Gasteiger partial charge is 0.251 e. The molecule has 2 rings (SSSR count). The van der Waals surface area contributed by atoms with Gasteiger partial charge in [0.1, 0.15) is 0 Å². The van der Waals surface area contributed by atoms with E-state index in [1.165, 1.54) is 12.1 Å². The number of aryl methyl sites for hydroxylation is 1. The zero-order valence-corrected chi connectivity index (χ0v) is 11.7. The molecule has 1 amide bonds. The minimum atomic E-state index is -0.271. The highest BCUT2D eigenvalue weighted by Crippen LogP contribution is 2.28. The van der Waals surface area contributed by atoms with Gasteiger partial charge in [-0.1, -0.05) is 23.2 Å². The van der Waals surface area contributed by atoms with Crippen LogP contribution in [-0.4, -0.2) is 15.7 Å². The van der Waals surface area contributed by atoms with Crippen LogP contribution in [0.2, 0.25) is 10.0 Å². The minimum absolute atomic E-state index is 0.263. The Morgan fingerprint density at radius 2 is 2.05 bits per heavy atom. The number of nitrogens with two attached hydrogens (primary N) is 1. The molecule has 1 aromatic carbocycles. The number of nitrogens with one attached hydrogen (secondary N) is 1. The molecular weight excluding hydrogens is 287 g/mol. The predicted molar refractivity (Wildman–Crippen MR) is 75.3 cm³/mol. The van der Waals surface area contributed by atoms with Crippen molar-refractivity contribution < 1.29 is 4.79 Å². The summed E-state index contributed by atoms with van der Waals surface area (Å²) >= 11 is 11.8. The summed E-state index contributed by atoms with van der Waals surface area (Å²) in [6.45, 7) is 0.381. The summed E-state index contributed by atoms with van der Waals surface area (Å²) in [7, 11) is 1.81. The number of nitrogens with zero attached hydrogens (tertiary/aromatic N) is 2. The summed E-state index contributed by atoms with van der Waals surface area (Å²) < 4.78 is 1.67. The summed E-state index contributed by atoms with van der Waals surface area (Å²) in [6, 6.07) is 2.97. The van der Waals surface area contributed by atoms with E-state index < -0.39 is 0 Å². The maximum atomic E-state index is 11.9. The van der Waals surface area contributed by atoms with E-state index in [-0.39, 0.29) is 21.6 Å². The largest absolute Gasteiger partial charge is 0.396 e. The topological polar surface area (TPSA) is 72.9 Å². The molecule has 0 radical (unpaired) electrons. The van der Waals surface area contributed by atoms with E-state index in [9.17, 15) is 4.79 Å². The van der Waals surface area contributed by atoms with Gasteiger partial charge in [0, 0.05) is 30.9 Å². The molecule has 0 atom stereocenters. The molecule has 100 valence electrons. The lowest BCUT2D eigenvalue weighted by Crippen LogP contribution is -2.22. The molecule has 0 fully saturated rings. The zero-order chi connectivity index (χ0) is 14.0. The quantitative estimate of drug-likeness (QED) is 0.854. The number of rotatable bonds is 3. The molecule has 0 aliphatic heterocycles. The molecule has 0 saturated heterocycles. The Morgan fingerprint density at radius 1 is 1.42 bits per heavy atom. The van der Waals surface area contributed by atoms with Crippen molar-refractivity contribution in [2.45, 2.75) is 6.54 Å². The van der Waals surface area contributed by atoms with E-state index in [0.717, 1.165) is 5.56 Å². The van der Waals surface area contributed by atoms with Crippen LogP contribution in [0.15, 0.2) is 24.5 Å². The van der Waals surface area contributed by atoms with Crippen LogP contribution in [0.3, 0.4) is 0 Å². The summed E-state index contributed by atoms with van der Waals surface area (Å²) in [5.74, 6) is -0.271. The van der Waals surface area contributed by atoms with Gasteiger partial charge < -0.3 is 11.1 Å². The van der Waals surface area contributed by atoms with Gasteiger partial charge in [0.05, 0.1) is 21.9 Å². The summed E-state index contributed by atoms with van der Waals surface area (Å²) in [5, 5.41) is 7.29. The molecule has 1 aromatic heterocycles. The summed E-state index contributed by atoms with van der Waals surface area (Å²) in [4.78, 5) is 11.9. The van der Waals surface area contributed by atoms with Crippen LogP contribution in [0.4, 0.5) is 5.69 Å². The molecule has 0 saturated carbocycles. The Morgan fingerprint density at radius 3 is 2.58 bits per heavy atom. The van der Waals surface area contributed by atoms with Crippen LogP contribution < -0.4 is 11.1 Å². The molecule has 2 aromatic rings. The SMILES string of the molecule is Cn1cc(CNC(=O)c2cc(Cl)c(N)c(Cl)c2)cn1. The van der Waals surface area contributed by atoms with Gasteiger partial charge in [0.2, 0.25) is 0 Å². The van der Waals surface area contributed by atoms with Gasteiger partial charge in [0.25, 0.3) is 5.91 Å². The van der Waals surface area contributed by atoms with E-state index in [4.69, 9.17) is 28.9 Å². The number of amides is 1. The third-order valence-corrected chi connectivity index (χ3v) is 3.18. The fourth-order valence-corrected chi connectivity index (χ4v) is 2.05. The molecule has 0 aliphatic rings.